The molecule has 3 N–H and O–H groups in total. The molecule has 2 aromatic carbocycles. The zero-order valence-corrected chi connectivity index (χ0v) is 15.1. The number of primary amides is 1. The van der Waals surface area contributed by atoms with Crippen LogP contribution in [0.1, 0.15) is 30.1 Å². The van der Waals surface area contributed by atoms with Crippen molar-refractivity contribution in [3.05, 3.63) is 64.6 Å². The Morgan fingerprint density at radius 1 is 0.963 bits per heavy atom. The van der Waals surface area contributed by atoms with Crippen LogP contribution in [0.4, 0.5) is 5.69 Å². The number of carbonyl (C=O) groups excluding carboxylic acids is 2. The molecule has 140 valence electrons. The second kappa shape index (κ2) is 7.90. The third kappa shape index (κ3) is 3.92. The van der Waals surface area contributed by atoms with Gasteiger partial charge >= 0.3 is 5.69 Å². The smallest absolute Gasteiger partial charge is 0.329 e. The van der Waals surface area contributed by atoms with Crippen LogP contribution in [0.25, 0.3) is 11.0 Å². The van der Waals surface area contributed by atoms with Gasteiger partial charge in [0.05, 0.1) is 11.0 Å². The van der Waals surface area contributed by atoms with E-state index in [1.165, 1.54) is 0 Å². The molecule has 27 heavy (non-hydrogen) atoms. The third-order valence-corrected chi connectivity index (χ3v) is 4.39. The molecule has 7 heteroatoms. The van der Waals surface area contributed by atoms with Gasteiger partial charge in [-0.1, -0.05) is 19.1 Å². The minimum atomic E-state index is -0.518. The van der Waals surface area contributed by atoms with Crippen LogP contribution < -0.4 is 16.7 Å². The van der Waals surface area contributed by atoms with Gasteiger partial charge in [0, 0.05) is 30.8 Å². The van der Waals surface area contributed by atoms with E-state index in [4.69, 9.17) is 5.73 Å². The Hall–Kier alpha value is -3.35. The van der Waals surface area contributed by atoms with Crippen LogP contribution in [0.2, 0.25) is 0 Å². The lowest BCUT2D eigenvalue weighted by Crippen LogP contribution is -2.26. The maximum Gasteiger partial charge on any atom is 0.329 e. The van der Waals surface area contributed by atoms with Crippen LogP contribution in [-0.4, -0.2) is 20.9 Å². The molecule has 2 amide bonds. The summed E-state index contributed by atoms with van der Waals surface area (Å²) in [6.07, 6.45) is 1.02. The summed E-state index contributed by atoms with van der Waals surface area (Å²) in [5.41, 5.74) is 7.76. The second-order valence-corrected chi connectivity index (χ2v) is 6.31. The van der Waals surface area contributed by atoms with Crippen LogP contribution in [0.5, 0.6) is 0 Å². The molecule has 0 aliphatic heterocycles. The van der Waals surface area contributed by atoms with Crippen molar-refractivity contribution in [1.82, 2.24) is 9.13 Å². The standard InChI is InChI=1S/C20H22N4O3/c1-2-12-23-16-5-3-4-6-17(16)24(20(23)27)13-11-18(25)22-15-9-7-14(8-10-15)19(21)26/h3-10H,2,11-13H2,1H3,(H2,21,26)(H,22,25). The number of para-hydroxylation sites is 2. The van der Waals surface area contributed by atoms with E-state index in [1.54, 1.807) is 33.4 Å². The molecule has 0 unspecified atom stereocenters. The van der Waals surface area contributed by atoms with Crippen molar-refractivity contribution in [2.75, 3.05) is 5.32 Å². The average Bonchev–Trinajstić information content (AvgIpc) is 2.92. The van der Waals surface area contributed by atoms with E-state index in [0.29, 0.717) is 24.3 Å². The lowest BCUT2D eigenvalue weighted by Gasteiger charge is -2.07. The monoisotopic (exact) mass is 366 g/mol. The van der Waals surface area contributed by atoms with E-state index < -0.39 is 5.91 Å². The summed E-state index contributed by atoms with van der Waals surface area (Å²) >= 11 is 0. The van der Waals surface area contributed by atoms with Crippen LogP contribution in [0, 0.1) is 0 Å². The number of amides is 2. The molecule has 0 atom stereocenters. The van der Waals surface area contributed by atoms with Gasteiger partial charge in [0.25, 0.3) is 0 Å². The highest BCUT2D eigenvalue weighted by molar-refractivity contribution is 5.94. The molecular formula is C20H22N4O3. The van der Waals surface area contributed by atoms with Gasteiger partial charge in [0.1, 0.15) is 0 Å². The SMILES string of the molecule is CCCn1c(=O)n(CCC(=O)Nc2ccc(C(N)=O)cc2)c2ccccc21. The molecule has 3 rings (SSSR count). The van der Waals surface area contributed by atoms with Gasteiger partial charge in [-0.25, -0.2) is 4.79 Å². The molecule has 0 saturated carbocycles. The fourth-order valence-corrected chi connectivity index (χ4v) is 3.08. The number of aromatic nitrogens is 2. The molecule has 0 bridgehead atoms. The van der Waals surface area contributed by atoms with Crippen molar-refractivity contribution in [2.24, 2.45) is 5.73 Å². The van der Waals surface area contributed by atoms with E-state index in [1.807, 2.05) is 31.2 Å². The van der Waals surface area contributed by atoms with Crippen LogP contribution in [-0.2, 0) is 17.9 Å². The van der Waals surface area contributed by atoms with Gasteiger partial charge in [-0.05, 0) is 42.8 Å². The average molecular weight is 366 g/mol. The highest BCUT2D eigenvalue weighted by Gasteiger charge is 2.13. The number of anilines is 1. The highest BCUT2D eigenvalue weighted by Crippen LogP contribution is 2.14. The zero-order chi connectivity index (χ0) is 19.4. The maximum absolute atomic E-state index is 12.7. The number of hydrogen-bond donors (Lipinski definition) is 2. The molecule has 3 aromatic rings. The predicted octanol–water partition coefficient (Wildman–Crippen LogP) is 2.34. The number of rotatable bonds is 7. The number of aryl methyl sites for hydroxylation is 2. The van der Waals surface area contributed by atoms with Gasteiger partial charge < -0.3 is 11.1 Å². The number of carbonyl (C=O) groups is 2. The van der Waals surface area contributed by atoms with Gasteiger partial charge in [0.15, 0.2) is 0 Å². The largest absolute Gasteiger partial charge is 0.366 e. The lowest BCUT2D eigenvalue weighted by molar-refractivity contribution is -0.116. The Morgan fingerprint density at radius 3 is 2.11 bits per heavy atom. The first-order valence-corrected chi connectivity index (χ1v) is 8.89. The minimum absolute atomic E-state index is 0.100. The van der Waals surface area contributed by atoms with E-state index >= 15 is 0 Å². The normalized spacial score (nSPS) is 10.9. The molecule has 0 radical (unpaired) electrons. The van der Waals surface area contributed by atoms with Crippen molar-refractivity contribution in [2.45, 2.75) is 32.9 Å². The minimum Gasteiger partial charge on any atom is -0.366 e. The van der Waals surface area contributed by atoms with E-state index in [2.05, 4.69) is 5.32 Å². The zero-order valence-electron chi connectivity index (χ0n) is 15.1. The Bertz CT molecular complexity index is 1030. The van der Waals surface area contributed by atoms with E-state index in [0.717, 1.165) is 17.5 Å². The molecule has 0 aliphatic rings. The first-order chi connectivity index (χ1) is 13.0. The topological polar surface area (TPSA) is 99.1 Å². The number of nitrogens with zero attached hydrogens (tertiary/aromatic N) is 2. The molecule has 1 heterocycles. The molecule has 0 spiro atoms. The number of fused-ring (bicyclic) bond motifs is 1. The molecule has 0 fully saturated rings. The van der Waals surface area contributed by atoms with E-state index in [9.17, 15) is 14.4 Å². The van der Waals surface area contributed by atoms with Gasteiger partial charge in [0.2, 0.25) is 11.8 Å². The summed E-state index contributed by atoms with van der Waals surface area (Å²) in [5.74, 6) is -0.725. The Morgan fingerprint density at radius 2 is 1.56 bits per heavy atom. The molecular weight excluding hydrogens is 344 g/mol. The first-order valence-electron chi connectivity index (χ1n) is 8.89. The Labute approximate surface area is 156 Å². The number of imidazole rings is 1. The van der Waals surface area contributed by atoms with Crippen LogP contribution in [0.15, 0.2) is 53.3 Å². The van der Waals surface area contributed by atoms with Gasteiger partial charge in [-0.15, -0.1) is 0 Å². The number of nitrogens with two attached hydrogens (primary N) is 1. The maximum atomic E-state index is 12.7. The van der Waals surface area contributed by atoms with Crippen LogP contribution >= 0.6 is 0 Å². The lowest BCUT2D eigenvalue weighted by atomic mass is 10.2. The fraction of sp³-hybridized carbons (Fsp3) is 0.250. The van der Waals surface area contributed by atoms with Crippen molar-refractivity contribution in [1.29, 1.82) is 0 Å². The highest BCUT2D eigenvalue weighted by atomic mass is 16.2. The third-order valence-electron chi connectivity index (χ3n) is 4.39. The number of nitrogens with one attached hydrogen (secondary N) is 1. The summed E-state index contributed by atoms with van der Waals surface area (Å²) < 4.78 is 3.39. The predicted molar refractivity (Wildman–Crippen MR) is 105 cm³/mol. The quantitative estimate of drug-likeness (QED) is 0.671. The van der Waals surface area contributed by atoms with Crippen molar-refractivity contribution >= 4 is 28.5 Å². The summed E-state index contributed by atoms with van der Waals surface area (Å²) in [5, 5.41) is 2.76. The van der Waals surface area contributed by atoms with Gasteiger partial charge in [-0.3, -0.25) is 18.7 Å². The van der Waals surface area contributed by atoms with Crippen molar-refractivity contribution < 1.29 is 9.59 Å². The summed E-state index contributed by atoms with van der Waals surface area (Å²) in [6.45, 7) is 2.96. The fourth-order valence-electron chi connectivity index (χ4n) is 3.08. The summed E-state index contributed by atoms with van der Waals surface area (Å²) in [7, 11) is 0. The Kier molecular flexibility index (Phi) is 5.40. The van der Waals surface area contributed by atoms with Crippen molar-refractivity contribution in [3.63, 3.8) is 0 Å². The first kappa shape index (κ1) is 18.4. The molecule has 0 saturated heterocycles. The summed E-state index contributed by atoms with van der Waals surface area (Å²) in [6, 6.07) is 14.0. The molecule has 0 aliphatic carbocycles. The van der Waals surface area contributed by atoms with Gasteiger partial charge in [-0.2, -0.15) is 0 Å². The second-order valence-electron chi connectivity index (χ2n) is 6.31. The number of hydrogen-bond acceptors (Lipinski definition) is 3. The molecule has 1 aromatic heterocycles. The molecule has 7 nitrogen and oxygen atoms in total. The van der Waals surface area contributed by atoms with Crippen molar-refractivity contribution in [3.8, 4) is 0 Å². The Balaban J connectivity index is 1.73. The van der Waals surface area contributed by atoms with E-state index in [-0.39, 0.29) is 18.0 Å². The summed E-state index contributed by atoms with van der Waals surface area (Å²) in [4.78, 5) is 36.0. The van der Waals surface area contributed by atoms with Crippen LogP contribution in [0.3, 0.4) is 0 Å². The number of benzene rings is 2.